The van der Waals surface area contributed by atoms with E-state index < -0.39 is 4.92 Å². The lowest BCUT2D eigenvalue weighted by Gasteiger charge is -2.14. The van der Waals surface area contributed by atoms with E-state index in [-0.39, 0.29) is 30.5 Å². The van der Waals surface area contributed by atoms with Gasteiger partial charge in [-0.2, -0.15) is 0 Å². The standard InChI is InChI=1S/C19H15N3O4S2/c23-17(20-14-4-2-1-3-5-14)10-11-21-18(24)16(28-19(21)27)12-13-6-8-15(9-7-13)22(25)26/h1-9,12H,10-11H2,(H,20,23)/b16-12-. The number of anilines is 1. The maximum atomic E-state index is 12.6. The van der Waals surface area contributed by atoms with Crippen LogP contribution in [0, 0.1) is 10.1 Å². The molecule has 0 spiro atoms. The highest BCUT2D eigenvalue weighted by atomic mass is 32.2. The Bertz CT molecular complexity index is 959. The van der Waals surface area contributed by atoms with Crippen LogP contribution >= 0.6 is 24.0 Å². The number of carbonyl (C=O) groups is 2. The van der Waals surface area contributed by atoms with Crippen LogP contribution in [0.2, 0.25) is 0 Å². The van der Waals surface area contributed by atoms with Crippen LogP contribution in [0.5, 0.6) is 0 Å². The van der Waals surface area contributed by atoms with Crippen molar-refractivity contribution in [2.45, 2.75) is 6.42 Å². The van der Waals surface area contributed by atoms with Crippen molar-refractivity contribution in [2.75, 3.05) is 11.9 Å². The maximum Gasteiger partial charge on any atom is 0.269 e. The molecule has 1 aliphatic heterocycles. The van der Waals surface area contributed by atoms with Crippen LogP contribution < -0.4 is 5.32 Å². The highest BCUT2D eigenvalue weighted by Gasteiger charge is 2.32. The van der Waals surface area contributed by atoms with Gasteiger partial charge in [0.25, 0.3) is 11.6 Å². The first-order valence-electron chi connectivity index (χ1n) is 8.29. The van der Waals surface area contributed by atoms with Crippen LogP contribution in [0.4, 0.5) is 11.4 Å². The number of rotatable bonds is 6. The molecule has 1 fully saturated rings. The molecule has 0 aromatic heterocycles. The summed E-state index contributed by atoms with van der Waals surface area (Å²) in [5.41, 5.74) is 1.33. The van der Waals surface area contributed by atoms with Gasteiger partial charge in [0.15, 0.2) is 0 Å². The predicted octanol–water partition coefficient (Wildman–Crippen LogP) is 3.82. The molecular formula is C19H15N3O4S2. The van der Waals surface area contributed by atoms with E-state index in [1.54, 1.807) is 30.3 Å². The number of hydrogen-bond acceptors (Lipinski definition) is 6. The SMILES string of the molecule is O=C(CCN1C(=O)/C(=C/c2ccc([N+](=O)[O-])cc2)SC1=S)Nc1ccccc1. The molecular weight excluding hydrogens is 398 g/mol. The summed E-state index contributed by atoms with van der Waals surface area (Å²) in [6.45, 7) is 0.181. The summed E-state index contributed by atoms with van der Waals surface area (Å²) in [6.07, 6.45) is 1.75. The molecule has 1 heterocycles. The molecule has 0 aliphatic carbocycles. The smallest absolute Gasteiger partial charge is 0.269 e. The molecule has 142 valence electrons. The second-order valence-electron chi connectivity index (χ2n) is 5.85. The fourth-order valence-electron chi connectivity index (χ4n) is 2.49. The number of thioether (sulfide) groups is 1. The molecule has 0 bridgehead atoms. The van der Waals surface area contributed by atoms with Crippen molar-refractivity contribution in [3.05, 3.63) is 75.2 Å². The largest absolute Gasteiger partial charge is 0.326 e. The molecule has 0 unspecified atom stereocenters. The molecule has 9 heteroatoms. The van der Waals surface area contributed by atoms with E-state index >= 15 is 0 Å². The average Bonchev–Trinajstić information content (AvgIpc) is 2.94. The lowest BCUT2D eigenvalue weighted by molar-refractivity contribution is -0.384. The molecule has 0 radical (unpaired) electrons. The van der Waals surface area contributed by atoms with E-state index in [4.69, 9.17) is 12.2 Å². The van der Waals surface area contributed by atoms with Gasteiger partial charge < -0.3 is 5.32 Å². The van der Waals surface area contributed by atoms with Crippen LogP contribution in [0.1, 0.15) is 12.0 Å². The number of nitrogens with one attached hydrogen (secondary N) is 1. The number of nitro groups is 1. The number of non-ortho nitro benzene ring substituents is 1. The van der Waals surface area contributed by atoms with Gasteiger partial charge in [-0.25, -0.2) is 0 Å². The van der Waals surface area contributed by atoms with Gasteiger partial charge in [-0.1, -0.05) is 42.2 Å². The molecule has 1 N–H and O–H groups in total. The van der Waals surface area contributed by atoms with Crippen LogP contribution in [-0.4, -0.2) is 32.5 Å². The third-order valence-electron chi connectivity index (χ3n) is 3.90. The number of amides is 2. The first-order valence-corrected chi connectivity index (χ1v) is 9.51. The molecule has 0 atom stereocenters. The Labute approximate surface area is 170 Å². The summed E-state index contributed by atoms with van der Waals surface area (Å²) in [4.78, 5) is 36.7. The van der Waals surface area contributed by atoms with Crippen molar-refractivity contribution >= 4 is 57.6 Å². The number of para-hydroxylation sites is 1. The van der Waals surface area contributed by atoms with Crippen LogP contribution in [0.15, 0.2) is 59.5 Å². The zero-order valence-electron chi connectivity index (χ0n) is 14.5. The molecule has 28 heavy (non-hydrogen) atoms. The number of nitro benzene ring substituents is 1. The molecule has 1 aliphatic rings. The fourth-order valence-corrected chi connectivity index (χ4v) is 3.80. The van der Waals surface area contributed by atoms with E-state index in [1.165, 1.54) is 17.0 Å². The highest BCUT2D eigenvalue weighted by molar-refractivity contribution is 8.26. The van der Waals surface area contributed by atoms with Gasteiger partial charge in [0, 0.05) is 30.8 Å². The first kappa shape index (κ1) is 19.7. The third kappa shape index (κ3) is 4.81. The van der Waals surface area contributed by atoms with Crippen LogP contribution in [0.25, 0.3) is 6.08 Å². The third-order valence-corrected chi connectivity index (χ3v) is 5.27. The van der Waals surface area contributed by atoms with Gasteiger partial charge in [-0.15, -0.1) is 0 Å². The molecule has 0 saturated carbocycles. The molecule has 7 nitrogen and oxygen atoms in total. The molecule has 3 rings (SSSR count). The number of benzene rings is 2. The minimum atomic E-state index is -0.482. The molecule has 2 aromatic rings. The molecule has 2 amide bonds. The summed E-state index contributed by atoms with van der Waals surface area (Å²) in [6, 6.07) is 14.9. The van der Waals surface area contributed by atoms with Crippen molar-refractivity contribution in [1.29, 1.82) is 0 Å². The van der Waals surface area contributed by atoms with Gasteiger partial charge in [0.1, 0.15) is 4.32 Å². The van der Waals surface area contributed by atoms with Gasteiger partial charge in [0.05, 0.1) is 9.83 Å². The van der Waals surface area contributed by atoms with E-state index in [2.05, 4.69) is 5.32 Å². The van der Waals surface area contributed by atoms with Crippen molar-refractivity contribution in [1.82, 2.24) is 4.90 Å². The summed E-state index contributed by atoms with van der Waals surface area (Å²) >= 11 is 6.40. The minimum absolute atomic E-state index is 0.0193. The number of nitrogens with zero attached hydrogens (tertiary/aromatic N) is 2. The van der Waals surface area contributed by atoms with Crippen LogP contribution in [-0.2, 0) is 9.59 Å². The number of thiocarbonyl (C=S) groups is 1. The average molecular weight is 413 g/mol. The summed E-state index contributed by atoms with van der Waals surface area (Å²) in [7, 11) is 0. The molecule has 1 saturated heterocycles. The normalized spacial score (nSPS) is 15.1. The minimum Gasteiger partial charge on any atom is -0.326 e. The maximum absolute atomic E-state index is 12.6. The quantitative estimate of drug-likeness (QED) is 0.335. The van der Waals surface area contributed by atoms with Crippen LogP contribution in [0.3, 0.4) is 0 Å². The Morgan fingerprint density at radius 2 is 1.86 bits per heavy atom. The Balaban J connectivity index is 1.61. The Morgan fingerprint density at radius 3 is 2.50 bits per heavy atom. The van der Waals surface area contributed by atoms with Crippen molar-refractivity contribution in [3.63, 3.8) is 0 Å². The summed E-state index contributed by atoms with van der Waals surface area (Å²) in [5, 5.41) is 13.5. The monoisotopic (exact) mass is 413 g/mol. The Kier molecular flexibility index (Phi) is 6.17. The zero-order valence-corrected chi connectivity index (χ0v) is 16.2. The van der Waals surface area contributed by atoms with E-state index in [1.807, 2.05) is 18.2 Å². The van der Waals surface area contributed by atoms with Gasteiger partial charge in [0.2, 0.25) is 5.91 Å². The highest BCUT2D eigenvalue weighted by Crippen LogP contribution is 2.32. The topological polar surface area (TPSA) is 92.5 Å². The number of carbonyl (C=O) groups excluding carboxylic acids is 2. The first-order chi connectivity index (χ1) is 13.4. The summed E-state index contributed by atoms with van der Waals surface area (Å²) in [5.74, 6) is -0.486. The lowest BCUT2D eigenvalue weighted by atomic mass is 10.2. The zero-order chi connectivity index (χ0) is 20.1. The van der Waals surface area contributed by atoms with E-state index in [9.17, 15) is 19.7 Å². The Hall–Kier alpha value is -3.04. The van der Waals surface area contributed by atoms with Gasteiger partial charge in [-0.3, -0.25) is 24.6 Å². The van der Waals surface area contributed by atoms with Gasteiger partial charge in [-0.05, 0) is 35.9 Å². The van der Waals surface area contributed by atoms with E-state index in [0.29, 0.717) is 20.5 Å². The van der Waals surface area contributed by atoms with E-state index in [0.717, 1.165) is 11.8 Å². The second kappa shape index (κ2) is 8.77. The van der Waals surface area contributed by atoms with Crippen molar-refractivity contribution in [3.8, 4) is 0 Å². The predicted molar refractivity (Wildman–Crippen MR) is 113 cm³/mol. The molecule has 2 aromatic carbocycles. The van der Waals surface area contributed by atoms with Crippen molar-refractivity contribution in [2.24, 2.45) is 0 Å². The summed E-state index contributed by atoms with van der Waals surface area (Å²) < 4.78 is 0.380. The van der Waals surface area contributed by atoms with Gasteiger partial charge >= 0.3 is 0 Å². The second-order valence-corrected chi connectivity index (χ2v) is 7.52. The number of hydrogen-bond donors (Lipinski definition) is 1. The fraction of sp³-hybridized carbons (Fsp3) is 0.105. The van der Waals surface area contributed by atoms with Crippen molar-refractivity contribution < 1.29 is 14.5 Å². The Morgan fingerprint density at radius 1 is 1.18 bits per heavy atom. The lowest BCUT2D eigenvalue weighted by Crippen LogP contribution is -2.31.